The largest absolute Gasteiger partial charge is 0.396 e. The summed E-state index contributed by atoms with van der Waals surface area (Å²) in [6.07, 6.45) is -0.258. The van der Waals surface area contributed by atoms with Gasteiger partial charge in [0.2, 0.25) is 0 Å². The summed E-state index contributed by atoms with van der Waals surface area (Å²) >= 11 is 0. The van der Waals surface area contributed by atoms with Crippen LogP contribution in [0.15, 0.2) is 11.6 Å². The van der Waals surface area contributed by atoms with Crippen LogP contribution in [0, 0.1) is 40.4 Å². The highest BCUT2D eigenvalue weighted by molar-refractivity contribution is 5.43. The molecule has 0 bridgehead atoms. The number of fused-ring (bicyclic) bond motifs is 5. The second-order valence-corrected chi connectivity index (χ2v) is 13.3. The number of aliphatic hydroxyl groups excluding tert-OH is 5. The van der Waals surface area contributed by atoms with Crippen molar-refractivity contribution in [3.8, 4) is 0 Å². The highest BCUT2D eigenvalue weighted by Crippen LogP contribution is 2.69. The maximum Gasteiger partial charge on any atom is 0.123 e. The molecule has 4 aliphatic carbocycles. The summed E-state index contributed by atoms with van der Waals surface area (Å²) in [7, 11) is 0. The predicted molar refractivity (Wildman–Crippen MR) is 132 cm³/mol. The van der Waals surface area contributed by atoms with Gasteiger partial charge in [-0.2, -0.15) is 0 Å². The smallest absolute Gasteiger partial charge is 0.123 e. The molecule has 4 rings (SSSR count). The van der Waals surface area contributed by atoms with Gasteiger partial charge in [-0.15, -0.1) is 0 Å². The van der Waals surface area contributed by atoms with Crippen molar-refractivity contribution in [3.63, 3.8) is 0 Å². The highest BCUT2D eigenvalue weighted by atomic mass is 16.4. The van der Waals surface area contributed by atoms with Gasteiger partial charge in [0.15, 0.2) is 0 Å². The average Bonchev–Trinajstić information content (AvgIpc) is 3.12. The molecule has 0 saturated heterocycles. The molecule has 35 heavy (non-hydrogen) atoms. The molecule has 12 unspecified atom stereocenters. The van der Waals surface area contributed by atoms with Gasteiger partial charge in [0.25, 0.3) is 0 Å². The third-order valence-corrected chi connectivity index (χ3v) is 11.4. The first kappa shape index (κ1) is 27.5. The van der Waals surface area contributed by atoms with E-state index in [9.17, 15) is 35.7 Å². The maximum atomic E-state index is 12.3. The van der Waals surface area contributed by atoms with Crippen LogP contribution >= 0.6 is 0 Å². The molecule has 0 spiro atoms. The molecular formula is C28H48O7. The zero-order chi connectivity index (χ0) is 26.1. The van der Waals surface area contributed by atoms with Crippen LogP contribution in [0.4, 0.5) is 0 Å². The summed E-state index contributed by atoms with van der Waals surface area (Å²) in [5.41, 5.74) is -5.69. The van der Waals surface area contributed by atoms with E-state index in [-0.39, 0.29) is 17.8 Å². The second-order valence-electron chi connectivity index (χ2n) is 13.3. The summed E-state index contributed by atoms with van der Waals surface area (Å²) < 4.78 is 0. The van der Waals surface area contributed by atoms with E-state index in [1.807, 2.05) is 0 Å². The normalized spacial score (nSPS) is 51.3. The second kappa shape index (κ2) is 9.04. The Kier molecular flexibility index (Phi) is 7.10. The Morgan fingerprint density at radius 1 is 0.914 bits per heavy atom. The van der Waals surface area contributed by atoms with Crippen LogP contribution in [0.5, 0.6) is 0 Å². The standard InChI is InChI=1S/C28H48O7/c1-15(2)16(3)6-7-17(4)18-8-9-19-20-10-23(32)27(34)12-22(31)21(30)11-26(27,14-29)28(20,35)24(33)13-25(18,19)5/h10,15-19,21-24,29-35H,6-9,11-14H2,1-5H3. The lowest BCUT2D eigenvalue weighted by Gasteiger charge is -2.67. The molecule has 7 N–H and O–H groups in total. The van der Waals surface area contributed by atoms with E-state index < -0.39 is 54.1 Å². The van der Waals surface area contributed by atoms with Crippen LogP contribution in [0.2, 0.25) is 0 Å². The average molecular weight is 497 g/mol. The van der Waals surface area contributed by atoms with Crippen LogP contribution in [-0.2, 0) is 0 Å². The van der Waals surface area contributed by atoms with E-state index >= 15 is 0 Å². The minimum Gasteiger partial charge on any atom is -0.396 e. The van der Waals surface area contributed by atoms with Gasteiger partial charge in [0.05, 0.1) is 30.3 Å². The number of hydrogen-bond acceptors (Lipinski definition) is 7. The summed E-state index contributed by atoms with van der Waals surface area (Å²) in [5, 5.41) is 78.1. The molecule has 12 atom stereocenters. The molecule has 0 heterocycles. The quantitative estimate of drug-likeness (QED) is 0.278. The van der Waals surface area contributed by atoms with E-state index in [2.05, 4.69) is 34.6 Å². The molecule has 0 radical (unpaired) electrons. The maximum absolute atomic E-state index is 12.3. The molecule has 0 amide bonds. The van der Waals surface area contributed by atoms with Crippen molar-refractivity contribution in [1.29, 1.82) is 0 Å². The number of aliphatic hydroxyl groups is 7. The number of rotatable bonds is 6. The minimum atomic E-state index is -2.08. The van der Waals surface area contributed by atoms with Gasteiger partial charge in [0, 0.05) is 6.42 Å². The van der Waals surface area contributed by atoms with Crippen molar-refractivity contribution in [2.75, 3.05) is 6.61 Å². The van der Waals surface area contributed by atoms with Gasteiger partial charge >= 0.3 is 0 Å². The van der Waals surface area contributed by atoms with E-state index in [1.165, 1.54) is 6.08 Å². The van der Waals surface area contributed by atoms with Crippen LogP contribution in [0.1, 0.15) is 79.6 Å². The lowest BCUT2D eigenvalue weighted by Crippen LogP contribution is -2.79. The third kappa shape index (κ3) is 3.63. The summed E-state index contributed by atoms with van der Waals surface area (Å²) in [4.78, 5) is 0. The first-order valence-corrected chi connectivity index (χ1v) is 13.7. The molecule has 0 aromatic rings. The fourth-order valence-corrected chi connectivity index (χ4v) is 8.76. The molecular weight excluding hydrogens is 448 g/mol. The van der Waals surface area contributed by atoms with Gasteiger partial charge in [0.1, 0.15) is 17.3 Å². The van der Waals surface area contributed by atoms with Crippen molar-refractivity contribution in [2.45, 2.75) is 115 Å². The molecule has 0 aromatic carbocycles. The first-order valence-electron chi connectivity index (χ1n) is 13.7. The monoisotopic (exact) mass is 496 g/mol. The molecule has 3 saturated carbocycles. The Morgan fingerprint density at radius 2 is 1.54 bits per heavy atom. The van der Waals surface area contributed by atoms with Crippen LogP contribution in [-0.4, -0.2) is 78.0 Å². The molecule has 4 aliphatic rings. The van der Waals surface area contributed by atoms with Crippen molar-refractivity contribution in [3.05, 3.63) is 11.6 Å². The van der Waals surface area contributed by atoms with E-state index in [1.54, 1.807) is 0 Å². The Bertz CT molecular complexity index is 830. The van der Waals surface area contributed by atoms with Gasteiger partial charge in [-0.05, 0) is 66.3 Å². The minimum absolute atomic E-state index is 0.113. The first-order chi connectivity index (χ1) is 16.2. The molecule has 0 aromatic heterocycles. The summed E-state index contributed by atoms with van der Waals surface area (Å²) in [6.45, 7) is 10.5. The van der Waals surface area contributed by atoms with Crippen molar-refractivity contribution >= 4 is 0 Å². The highest BCUT2D eigenvalue weighted by Gasteiger charge is 2.76. The molecule has 7 heteroatoms. The Balaban J connectivity index is 1.72. The number of hydrogen-bond donors (Lipinski definition) is 7. The van der Waals surface area contributed by atoms with E-state index in [4.69, 9.17) is 0 Å². The van der Waals surface area contributed by atoms with E-state index in [0.717, 1.165) is 25.7 Å². The lowest BCUT2D eigenvalue weighted by molar-refractivity contribution is -0.311. The molecule has 202 valence electrons. The van der Waals surface area contributed by atoms with Gasteiger partial charge in [-0.1, -0.05) is 53.5 Å². The predicted octanol–water partition coefficient (Wildman–Crippen LogP) is 1.75. The van der Waals surface area contributed by atoms with Gasteiger partial charge in [-0.3, -0.25) is 0 Å². The van der Waals surface area contributed by atoms with Crippen molar-refractivity contribution in [2.24, 2.45) is 40.4 Å². The Hall–Kier alpha value is -0.540. The fourth-order valence-electron chi connectivity index (χ4n) is 8.76. The van der Waals surface area contributed by atoms with Gasteiger partial charge in [-0.25, -0.2) is 0 Å². The van der Waals surface area contributed by atoms with E-state index in [0.29, 0.717) is 35.7 Å². The fraction of sp³-hybridized carbons (Fsp3) is 0.929. The van der Waals surface area contributed by atoms with Crippen molar-refractivity contribution < 1.29 is 35.7 Å². The van der Waals surface area contributed by atoms with Crippen LogP contribution < -0.4 is 0 Å². The zero-order valence-electron chi connectivity index (χ0n) is 22.1. The Morgan fingerprint density at radius 3 is 2.14 bits per heavy atom. The summed E-state index contributed by atoms with van der Waals surface area (Å²) in [5.74, 6) is 1.93. The van der Waals surface area contributed by atoms with Crippen LogP contribution in [0.3, 0.4) is 0 Å². The molecule has 0 aliphatic heterocycles. The SMILES string of the molecule is CC(C)C(C)CCC(C)C1CCC2C3=CC(O)C4(O)CC(O)C(O)CC4(CO)C3(O)C(O)CC21C. The zero-order valence-corrected chi connectivity index (χ0v) is 22.1. The van der Waals surface area contributed by atoms with Crippen molar-refractivity contribution in [1.82, 2.24) is 0 Å². The topological polar surface area (TPSA) is 142 Å². The lowest BCUT2D eigenvalue weighted by atomic mass is 9.42. The van der Waals surface area contributed by atoms with Gasteiger partial charge < -0.3 is 35.7 Å². The molecule has 3 fully saturated rings. The van der Waals surface area contributed by atoms with Crippen LogP contribution in [0.25, 0.3) is 0 Å². The summed E-state index contributed by atoms with van der Waals surface area (Å²) in [6, 6.07) is 0. The third-order valence-electron chi connectivity index (χ3n) is 11.4. The Labute approximate surface area is 209 Å². The molecule has 7 nitrogen and oxygen atoms in total.